The molecule has 4 nitrogen and oxygen atoms in total. The average molecular weight is 314 g/mol. The molecule has 21 heavy (non-hydrogen) atoms. The first-order valence-corrected chi connectivity index (χ1v) is 7.01. The Bertz CT molecular complexity index is 647. The van der Waals surface area contributed by atoms with Crippen LogP contribution in [0.25, 0.3) is 0 Å². The molecule has 1 aliphatic rings. The van der Waals surface area contributed by atoms with E-state index in [0.717, 1.165) is 11.8 Å². The molecule has 1 aromatic heterocycles. The number of hydrogen-bond donors (Lipinski definition) is 1. The number of nitrogens with zero attached hydrogens (tertiary/aromatic N) is 2. The molecule has 0 bridgehead atoms. The van der Waals surface area contributed by atoms with E-state index in [0.29, 0.717) is 31.6 Å². The summed E-state index contributed by atoms with van der Waals surface area (Å²) in [6.07, 6.45) is 4.68. The van der Waals surface area contributed by atoms with Gasteiger partial charge < -0.3 is 9.30 Å². The van der Waals surface area contributed by atoms with E-state index in [9.17, 15) is 8.78 Å². The summed E-state index contributed by atoms with van der Waals surface area (Å²) in [7, 11) is 0. The number of hydrogen-bond acceptors (Lipinski definition) is 3. The summed E-state index contributed by atoms with van der Waals surface area (Å²) < 4.78 is 34.4. The molecule has 1 N–H and O–H groups in total. The maximum atomic E-state index is 13.6. The third-order valence-corrected chi connectivity index (χ3v) is 3.77. The zero-order valence-electron chi connectivity index (χ0n) is 11.2. The van der Waals surface area contributed by atoms with Gasteiger partial charge in [0.1, 0.15) is 12.4 Å². The average Bonchev–Trinajstić information content (AvgIpc) is 2.92. The van der Waals surface area contributed by atoms with Crippen molar-refractivity contribution in [2.45, 2.75) is 18.9 Å². The second-order valence-corrected chi connectivity index (χ2v) is 5.24. The Labute approximate surface area is 125 Å². The van der Waals surface area contributed by atoms with Gasteiger partial charge in [-0.15, -0.1) is 0 Å². The smallest absolute Gasteiger partial charge is 0.168 e. The van der Waals surface area contributed by atoms with Gasteiger partial charge in [0.25, 0.3) is 0 Å². The first-order chi connectivity index (χ1) is 10.2. The van der Waals surface area contributed by atoms with Crippen molar-refractivity contribution < 1.29 is 13.5 Å². The van der Waals surface area contributed by atoms with E-state index in [1.807, 2.05) is 4.57 Å². The molecule has 112 valence electrons. The van der Waals surface area contributed by atoms with Crippen molar-refractivity contribution in [3.63, 3.8) is 0 Å². The zero-order valence-corrected chi connectivity index (χ0v) is 11.9. The van der Waals surface area contributed by atoms with E-state index in [1.54, 1.807) is 12.5 Å². The van der Waals surface area contributed by atoms with Gasteiger partial charge in [-0.1, -0.05) is 0 Å². The van der Waals surface area contributed by atoms with E-state index >= 15 is 0 Å². The third kappa shape index (κ3) is 2.87. The Morgan fingerprint density at radius 3 is 3.10 bits per heavy atom. The SMILES string of the molecule is Fc1cc(F)c2c(c1)C[C@@H](n1cncc1CCNCl)CO2. The minimum absolute atomic E-state index is 0.0356. The highest BCUT2D eigenvalue weighted by Gasteiger charge is 2.25. The number of aromatic nitrogens is 2. The van der Waals surface area contributed by atoms with Crippen molar-refractivity contribution in [2.24, 2.45) is 0 Å². The molecule has 1 aliphatic heterocycles. The lowest BCUT2D eigenvalue weighted by atomic mass is 10.0. The standard InChI is InChI=1S/C14H14ClF2N3O/c15-19-2-1-11-6-18-8-20(11)12-4-9-3-10(16)5-13(17)14(9)21-7-12/h3,5-6,8,12,19H,1-2,4,7H2/t12-/m1/s1. The van der Waals surface area contributed by atoms with Crippen LogP contribution in [0.3, 0.4) is 0 Å². The van der Waals surface area contributed by atoms with Gasteiger partial charge in [-0.3, -0.25) is 0 Å². The van der Waals surface area contributed by atoms with Crippen LogP contribution in [0.4, 0.5) is 8.78 Å². The molecule has 0 amide bonds. The van der Waals surface area contributed by atoms with Gasteiger partial charge in [-0.25, -0.2) is 18.6 Å². The van der Waals surface area contributed by atoms with E-state index in [2.05, 4.69) is 9.82 Å². The number of fused-ring (bicyclic) bond motifs is 1. The van der Waals surface area contributed by atoms with Gasteiger partial charge in [-0.05, 0) is 17.8 Å². The van der Waals surface area contributed by atoms with Crippen molar-refractivity contribution in [1.29, 1.82) is 0 Å². The molecule has 0 saturated heterocycles. The number of ether oxygens (including phenoxy) is 1. The Balaban J connectivity index is 1.85. The molecule has 0 unspecified atom stereocenters. The summed E-state index contributed by atoms with van der Waals surface area (Å²) in [5, 5.41) is 0. The van der Waals surface area contributed by atoms with Crippen LogP contribution in [0.15, 0.2) is 24.7 Å². The van der Waals surface area contributed by atoms with Crippen LogP contribution in [-0.4, -0.2) is 22.7 Å². The molecule has 1 atom stereocenters. The molecule has 1 aromatic carbocycles. The molecule has 7 heteroatoms. The number of halogens is 3. The highest BCUT2D eigenvalue weighted by molar-refractivity contribution is 6.13. The summed E-state index contributed by atoms with van der Waals surface area (Å²) in [4.78, 5) is 6.70. The summed E-state index contributed by atoms with van der Waals surface area (Å²) in [6, 6.07) is 2.13. The van der Waals surface area contributed by atoms with Crippen LogP contribution in [0.5, 0.6) is 5.75 Å². The predicted molar refractivity (Wildman–Crippen MR) is 74.4 cm³/mol. The van der Waals surface area contributed by atoms with Crippen molar-refractivity contribution >= 4 is 11.8 Å². The van der Waals surface area contributed by atoms with Gasteiger partial charge in [0.05, 0.1) is 12.4 Å². The normalized spacial score (nSPS) is 17.4. The molecule has 0 saturated carbocycles. The Morgan fingerprint density at radius 2 is 2.29 bits per heavy atom. The Kier molecular flexibility index (Phi) is 4.07. The van der Waals surface area contributed by atoms with Crippen LogP contribution in [-0.2, 0) is 12.8 Å². The first-order valence-electron chi connectivity index (χ1n) is 6.64. The monoisotopic (exact) mass is 313 g/mol. The summed E-state index contributed by atoms with van der Waals surface area (Å²) in [5.74, 6) is -1.09. The van der Waals surface area contributed by atoms with Crippen LogP contribution in [0.1, 0.15) is 17.3 Å². The summed E-state index contributed by atoms with van der Waals surface area (Å²) in [5.41, 5.74) is 1.54. The van der Waals surface area contributed by atoms with Crippen molar-refractivity contribution in [3.05, 3.63) is 47.5 Å². The van der Waals surface area contributed by atoms with Gasteiger partial charge >= 0.3 is 0 Å². The Hall–Kier alpha value is -1.66. The molecule has 0 fully saturated rings. The van der Waals surface area contributed by atoms with Crippen molar-refractivity contribution in [2.75, 3.05) is 13.2 Å². The zero-order chi connectivity index (χ0) is 14.8. The second-order valence-electron chi connectivity index (χ2n) is 4.97. The summed E-state index contributed by atoms with van der Waals surface area (Å²) in [6.45, 7) is 0.938. The minimum Gasteiger partial charge on any atom is -0.488 e. The fourth-order valence-corrected chi connectivity index (χ4v) is 2.72. The first kappa shape index (κ1) is 14.3. The van der Waals surface area contributed by atoms with Crippen molar-refractivity contribution in [1.82, 2.24) is 14.4 Å². The molecular weight excluding hydrogens is 300 g/mol. The highest BCUT2D eigenvalue weighted by atomic mass is 35.5. The van der Waals surface area contributed by atoms with Crippen LogP contribution >= 0.6 is 11.8 Å². The maximum Gasteiger partial charge on any atom is 0.168 e. The molecule has 0 radical (unpaired) electrons. The van der Waals surface area contributed by atoms with Crippen molar-refractivity contribution in [3.8, 4) is 5.75 Å². The molecule has 3 rings (SSSR count). The second kappa shape index (κ2) is 5.99. The van der Waals surface area contributed by atoms with Gasteiger partial charge in [0, 0.05) is 42.9 Å². The van der Waals surface area contributed by atoms with Crippen LogP contribution in [0, 0.1) is 11.6 Å². The number of rotatable bonds is 4. The van der Waals surface area contributed by atoms with Gasteiger partial charge in [-0.2, -0.15) is 0 Å². The topological polar surface area (TPSA) is 39.1 Å². The van der Waals surface area contributed by atoms with Gasteiger partial charge in [0.2, 0.25) is 0 Å². The summed E-state index contributed by atoms with van der Waals surface area (Å²) >= 11 is 5.47. The molecule has 0 aliphatic carbocycles. The van der Waals surface area contributed by atoms with Crippen LogP contribution < -0.4 is 9.57 Å². The lowest BCUT2D eigenvalue weighted by Crippen LogP contribution is -2.26. The minimum atomic E-state index is -0.652. The molecule has 0 spiro atoms. The molecule has 2 heterocycles. The maximum absolute atomic E-state index is 13.6. The predicted octanol–water partition coefficient (Wildman–Crippen LogP) is 2.62. The lowest BCUT2D eigenvalue weighted by Gasteiger charge is -2.27. The number of nitrogens with one attached hydrogen (secondary N) is 1. The largest absolute Gasteiger partial charge is 0.488 e. The van der Waals surface area contributed by atoms with Crippen LogP contribution in [0.2, 0.25) is 0 Å². The van der Waals surface area contributed by atoms with Gasteiger partial charge in [0.15, 0.2) is 11.6 Å². The number of benzene rings is 1. The van der Waals surface area contributed by atoms with E-state index < -0.39 is 11.6 Å². The third-order valence-electron chi connectivity index (χ3n) is 3.58. The number of imidazole rings is 1. The molecule has 2 aromatic rings. The highest BCUT2D eigenvalue weighted by Crippen LogP contribution is 2.33. The quantitative estimate of drug-likeness (QED) is 0.882. The van der Waals surface area contributed by atoms with E-state index in [1.165, 1.54) is 6.07 Å². The van der Waals surface area contributed by atoms with E-state index in [-0.39, 0.29) is 11.8 Å². The lowest BCUT2D eigenvalue weighted by molar-refractivity contribution is 0.211. The fourth-order valence-electron chi connectivity index (χ4n) is 2.63. The fraction of sp³-hybridized carbons (Fsp3) is 0.357. The van der Waals surface area contributed by atoms with E-state index in [4.69, 9.17) is 16.5 Å². The Morgan fingerprint density at radius 1 is 1.43 bits per heavy atom. The molecular formula is C14H14ClF2N3O.